The van der Waals surface area contributed by atoms with Gasteiger partial charge in [0.15, 0.2) is 0 Å². The number of methoxy groups -OCH3 is 1. The van der Waals surface area contributed by atoms with Crippen molar-refractivity contribution >= 4 is 23.3 Å². The summed E-state index contributed by atoms with van der Waals surface area (Å²) in [6.45, 7) is 2.65. The summed E-state index contributed by atoms with van der Waals surface area (Å²) in [6, 6.07) is 4.98. The average Bonchev–Trinajstić information content (AvgIpc) is 2.38. The number of carbonyl (C=O) groups is 2. The summed E-state index contributed by atoms with van der Waals surface area (Å²) in [5.41, 5.74) is 7.08. The standard InChI is InChI=1S/C13H19N3O3/c1-4-15-12(17)8-16(2)9-5-6-11(14)10(7-9)13(18)19-3/h5-7H,4,8,14H2,1-3H3,(H,15,17). The maximum atomic E-state index is 11.5. The molecule has 0 bridgehead atoms. The summed E-state index contributed by atoms with van der Waals surface area (Å²) in [6.07, 6.45) is 0. The Morgan fingerprint density at radius 1 is 1.42 bits per heavy atom. The minimum atomic E-state index is -0.495. The van der Waals surface area contributed by atoms with Crippen molar-refractivity contribution in [1.29, 1.82) is 0 Å². The van der Waals surface area contributed by atoms with Crippen molar-refractivity contribution in [2.75, 3.05) is 37.9 Å². The van der Waals surface area contributed by atoms with E-state index in [1.165, 1.54) is 7.11 Å². The largest absolute Gasteiger partial charge is 0.465 e. The molecule has 19 heavy (non-hydrogen) atoms. The molecule has 0 saturated heterocycles. The Morgan fingerprint density at radius 3 is 2.68 bits per heavy atom. The lowest BCUT2D eigenvalue weighted by atomic mass is 10.1. The average molecular weight is 265 g/mol. The number of ether oxygens (including phenoxy) is 1. The second kappa shape index (κ2) is 6.63. The van der Waals surface area contributed by atoms with E-state index in [2.05, 4.69) is 10.1 Å². The van der Waals surface area contributed by atoms with Crippen LogP contribution in [0.3, 0.4) is 0 Å². The zero-order valence-corrected chi connectivity index (χ0v) is 11.4. The molecule has 6 nitrogen and oxygen atoms in total. The van der Waals surface area contributed by atoms with Crippen molar-refractivity contribution < 1.29 is 14.3 Å². The first-order chi connectivity index (χ1) is 8.99. The summed E-state index contributed by atoms with van der Waals surface area (Å²) < 4.78 is 4.65. The van der Waals surface area contributed by atoms with E-state index in [4.69, 9.17) is 5.73 Å². The summed E-state index contributed by atoms with van der Waals surface area (Å²) in [5.74, 6) is -0.577. The number of benzene rings is 1. The van der Waals surface area contributed by atoms with Gasteiger partial charge in [0.05, 0.1) is 19.2 Å². The third kappa shape index (κ3) is 3.87. The molecule has 0 aliphatic rings. The number of anilines is 2. The first-order valence-electron chi connectivity index (χ1n) is 5.95. The number of hydrogen-bond donors (Lipinski definition) is 2. The van der Waals surface area contributed by atoms with E-state index in [1.54, 1.807) is 30.1 Å². The van der Waals surface area contributed by atoms with Crippen LogP contribution in [0, 0.1) is 0 Å². The lowest BCUT2D eigenvalue weighted by molar-refractivity contribution is -0.119. The lowest BCUT2D eigenvalue weighted by Crippen LogP contribution is -2.35. The molecular formula is C13H19N3O3. The van der Waals surface area contributed by atoms with Gasteiger partial charge < -0.3 is 20.7 Å². The maximum Gasteiger partial charge on any atom is 0.340 e. The monoisotopic (exact) mass is 265 g/mol. The molecule has 0 atom stereocenters. The zero-order valence-electron chi connectivity index (χ0n) is 11.4. The van der Waals surface area contributed by atoms with Crippen LogP contribution in [0.25, 0.3) is 0 Å². The van der Waals surface area contributed by atoms with E-state index in [0.29, 0.717) is 17.8 Å². The number of amides is 1. The molecular weight excluding hydrogens is 246 g/mol. The van der Waals surface area contributed by atoms with E-state index in [-0.39, 0.29) is 12.5 Å². The van der Waals surface area contributed by atoms with Crippen LogP contribution >= 0.6 is 0 Å². The number of carbonyl (C=O) groups excluding carboxylic acids is 2. The van der Waals surface area contributed by atoms with Gasteiger partial charge in [-0.15, -0.1) is 0 Å². The third-order valence-electron chi connectivity index (χ3n) is 2.64. The molecule has 0 aromatic heterocycles. The highest BCUT2D eigenvalue weighted by Gasteiger charge is 2.13. The number of likely N-dealkylation sites (N-methyl/N-ethyl adjacent to an activating group) is 2. The number of rotatable bonds is 5. The third-order valence-corrected chi connectivity index (χ3v) is 2.64. The summed E-state index contributed by atoms with van der Waals surface area (Å²) in [7, 11) is 3.06. The molecule has 0 radical (unpaired) electrons. The van der Waals surface area contributed by atoms with Crippen molar-refractivity contribution in [3.8, 4) is 0 Å². The summed E-state index contributed by atoms with van der Waals surface area (Å²) >= 11 is 0. The highest BCUT2D eigenvalue weighted by atomic mass is 16.5. The van der Waals surface area contributed by atoms with Gasteiger partial charge in [-0.3, -0.25) is 4.79 Å². The van der Waals surface area contributed by atoms with E-state index >= 15 is 0 Å². The zero-order chi connectivity index (χ0) is 14.4. The molecule has 1 aromatic rings. The second-order valence-electron chi connectivity index (χ2n) is 4.07. The molecule has 0 unspecified atom stereocenters. The number of nitrogens with two attached hydrogens (primary N) is 1. The van der Waals surface area contributed by atoms with Crippen molar-refractivity contribution in [2.45, 2.75) is 6.92 Å². The predicted molar refractivity (Wildman–Crippen MR) is 74.1 cm³/mol. The fourth-order valence-corrected chi connectivity index (χ4v) is 1.63. The predicted octanol–water partition coefficient (Wildman–Crippen LogP) is 0.628. The Bertz CT molecular complexity index is 474. The molecule has 0 spiro atoms. The van der Waals surface area contributed by atoms with Crippen LogP contribution < -0.4 is 16.0 Å². The summed E-state index contributed by atoms with van der Waals surface area (Å²) in [5, 5.41) is 2.71. The number of nitrogens with zero attached hydrogens (tertiary/aromatic N) is 1. The van der Waals surface area contributed by atoms with Gasteiger partial charge in [-0.1, -0.05) is 0 Å². The molecule has 0 aliphatic carbocycles. The molecule has 0 aliphatic heterocycles. The highest BCUT2D eigenvalue weighted by molar-refractivity contribution is 5.96. The van der Waals surface area contributed by atoms with Gasteiger partial charge in [-0.05, 0) is 25.1 Å². The number of nitrogen functional groups attached to an aromatic ring is 1. The van der Waals surface area contributed by atoms with Crippen LogP contribution in [0.5, 0.6) is 0 Å². The van der Waals surface area contributed by atoms with Crippen LogP contribution in [-0.4, -0.2) is 39.1 Å². The maximum absolute atomic E-state index is 11.5. The van der Waals surface area contributed by atoms with E-state index in [0.717, 1.165) is 5.69 Å². The van der Waals surface area contributed by atoms with Crippen LogP contribution in [0.15, 0.2) is 18.2 Å². The molecule has 104 valence electrons. The Labute approximate surface area is 112 Å². The molecule has 0 heterocycles. The van der Waals surface area contributed by atoms with Gasteiger partial charge in [0.1, 0.15) is 0 Å². The molecule has 0 saturated carbocycles. The van der Waals surface area contributed by atoms with Gasteiger partial charge in [0, 0.05) is 25.0 Å². The fourth-order valence-electron chi connectivity index (χ4n) is 1.63. The molecule has 0 fully saturated rings. The Morgan fingerprint density at radius 2 is 2.11 bits per heavy atom. The van der Waals surface area contributed by atoms with Crippen LogP contribution in [0.4, 0.5) is 11.4 Å². The van der Waals surface area contributed by atoms with Crippen LogP contribution in [0.2, 0.25) is 0 Å². The van der Waals surface area contributed by atoms with E-state index in [1.807, 2.05) is 6.92 Å². The first kappa shape index (κ1) is 14.8. The van der Waals surface area contributed by atoms with Crippen LogP contribution in [-0.2, 0) is 9.53 Å². The number of hydrogen-bond acceptors (Lipinski definition) is 5. The second-order valence-corrected chi connectivity index (χ2v) is 4.07. The Balaban J connectivity index is 2.89. The number of nitrogens with one attached hydrogen (secondary N) is 1. The lowest BCUT2D eigenvalue weighted by Gasteiger charge is -2.19. The van der Waals surface area contributed by atoms with Crippen molar-refractivity contribution in [3.63, 3.8) is 0 Å². The normalized spacial score (nSPS) is 9.84. The van der Waals surface area contributed by atoms with Crippen molar-refractivity contribution in [3.05, 3.63) is 23.8 Å². The van der Waals surface area contributed by atoms with Gasteiger partial charge in [-0.25, -0.2) is 4.79 Å². The highest BCUT2D eigenvalue weighted by Crippen LogP contribution is 2.21. The van der Waals surface area contributed by atoms with Gasteiger partial charge in [0.2, 0.25) is 5.91 Å². The van der Waals surface area contributed by atoms with Gasteiger partial charge in [0.25, 0.3) is 0 Å². The minimum Gasteiger partial charge on any atom is -0.465 e. The topological polar surface area (TPSA) is 84.7 Å². The summed E-state index contributed by atoms with van der Waals surface area (Å²) in [4.78, 5) is 24.8. The Hall–Kier alpha value is -2.24. The number of esters is 1. The molecule has 1 aromatic carbocycles. The molecule has 6 heteroatoms. The Kier molecular flexibility index (Phi) is 5.17. The molecule has 1 amide bonds. The fraction of sp³-hybridized carbons (Fsp3) is 0.385. The smallest absolute Gasteiger partial charge is 0.340 e. The van der Waals surface area contributed by atoms with Crippen LogP contribution in [0.1, 0.15) is 17.3 Å². The van der Waals surface area contributed by atoms with Gasteiger partial charge >= 0.3 is 5.97 Å². The molecule has 1 rings (SSSR count). The van der Waals surface area contributed by atoms with E-state index < -0.39 is 5.97 Å². The van der Waals surface area contributed by atoms with Crippen molar-refractivity contribution in [1.82, 2.24) is 5.32 Å². The minimum absolute atomic E-state index is 0.0820. The van der Waals surface area contributed by atoms with Gasteiger partial charge in [-0.2, -0.15) is 0 Å². The quantitative estimate of drug-likeness (QED) is 0.602. The van der Waals surface area contributed by atoms with Crippen molar-refractivity contribution in [2.24, 2.45) is 0 Å². The SMILES string of the molecule is CCNC(=O)CN(C)c1ccc(N)c(C(=O)OC)c1. The molecule has 3 N–H and O–H groups in total. The van der Waals surface area contributed by atoms with E-state index in [9.17, 15) is 9.59 Å². The first-order valence-corrected chi connectivity index (χ1v) is 5.95.